The molecule has 6 nitrogen and oxygen atoms in total. The zero-order valence-corrected chi connectivity index (χ0v) is 15.6. The van der Waals surface area contributed by atoms with Crippen LogP contribution >= 0.6 is 0 Å². The van der Waals surface area contributed by atoms with Crippen molar-refractivity contribution in [2.75, 3.05) is 5.75 Å². The maximum atomic E-state index is 11.9. The van der Waals surface area contributed by atoms with Crippen LogP contribution in [0.2, 0.25) is 0 Å². The molecule has 1 aliphatic carbocycles. The molecule has 1 aromatic carbocycles. The molecule has 1 atom stereocenters. The molecule has 1 unspecified atom stereocenters. The molecule has 1 aliphatic rings. The maximum Gasteiger partial charge on any atom is 0.272 e. The third-order valence-corrected chi connectivity index (χ3v) is 7.40. The van der Waals surface area contributed by atoms with E-state index in [9.17, 15) is 21.4 Å². The van der Waals surface area contributed by atoms with E-state index in [-0.39, 0.29) is 17.7 Å². The highest BCUT2D eigenvalue weighted by atomic mass is 32.2. The Morgan fingerprint density at radius 2 is 1.62 bits per heavy atom. The van der Waals surface area contributed by atoms with E-state index in [1.54, 1.807) is 19.1 Å². The van der Waals surface area contributed by atoms with Crippen molar-refractivity contribution in [1.82, 2.24) is 4.72 Å². The van der Waals surface area contributed by atoms with Gasteiger partial charge in [0, 0.05) is 6.04 Å². The van der Waals surface area contributed by atoms with Crippen LogP contribution in [0.5, 0.6) is 0 Å². The molecule has 0 heterocycles. The Bertz CT molecular complexity index is 748. The van der Waals surface area contributed by atoms with Gasteiger partial charge in [-0.25, -0.2) is 13.1 Å². The summed E-state index contributed by atoms with van der Waals surface area (Å²) in [6.45, 7) is 3.50. The number of rotatable bonds is 6. The number of hydrogen-bond donors (Lipinski definition) is 2. The van der Waals surface area contributed by atoms with Crippen molar-refractivity contribution in [3.05, 3.63) is 35.4 Å². The van der Waals surface area contributed by atoms with Crippen LogP contribution in [-0.2, 0) is 20.1 Å². The van der Waals surface area contributed by atoms with Gasteiger partial charge >= 0.3 is 0 Å². The average Bonchev–Trinajstić information content (AvgIpc) is 2.50. The second kappa shape index (κ2) is 7.51. The van der Waals surface area contributed by atoms with Crippen LogP contribution in [0.25, 0.3) is 0 Å². The van der Waals surface area contributed by atoms with Gasteiger partial charge in [-0.05, 0) is 51.0 Å². The zero-order valence-electron chi connectivity index (χ0n) is 14.0. The predicted molar refractivity (Wildman–Crippen MR) is 93.8 cm³/mol. The molecule has 1 aromatic rings. The lowest BCUT2D eigenvalue weighted by molar-refractivity contribution is 0.294. The lowest BCUT2D eigenvalue weighted by atomic mass is 9.82. The Hall–Kier alpha value is -0.960. The number of aryl methyl sites for hydroxylation is 1. The maximum absolute atomic E-state index is 11.9. The van der Waals surface area contributed by atoms with Gasteiger partial charge in [-0.1, -0.05) is 29.8 Å². The van der Waals surface area contributed by atoms with Gasteiger partial charge in [-0.2, -0.15) is 8.42 Å². The average molecular weight is 376 g/mol. The Morgan fingerprint density at radius 3 is 2.08 bits per heavy atom. The summed E-state index contributed by atoms with van der Waals surface area (Å²) in [5.74, 6) is -0.186. The molecule has 0 saturated heterocycles. The fourth-order valence-electron chi connectivity index (χ4n) is 3.32. The van der Waals surface area contributed by atoms with E-state index < -0.39 is 25.4 Å². The van der Waals surface area contributed by atoms with Crippen LogP contribution in [0.1, 0.15) is 49.0 Å². The highest BCUT2D eigenvalue weighted by Gasteiger charge is 2.36. The Labute approximate surface area is 144 Å². The molecule has 24 heavy (non-hydrogen) atoms. The standard InChI is InChI=1S/C16H25NO5S2/c1-3-23(18,19)17-15-10-8-14(9-11-15)16(24(20,21)22)13-6-4-12(2)5-7-13/h4-7,14-17H,3,8-11H2,1-2H3,(H,20,21,22). The van der Waals surface area contributed by atoms with E-state index in [2.05, 4.69) is 4.72 Å². The van der Waals surface area contributed by atoms with E-state index in [0.717, 1.165) is 5.56 Å². The zero-order chi connectivity index (χ0) is 18.0. The first kappa shape index (κ1) is 19.4. The van der Waals surface area contributed by atoms with Crippen molar-refractivity contribution in [2.24, 2.45) is 5.92 Å². The molecule has 136 valence electrons. The lowest BCUT2D eigenvalue weighted by Crippen LogP contribution is -2.39. The first-order valence-corrected chi connectivity index (χ1v) is 11.3. The fraction of sp³-hybridized carbons (Fsp3) is 0.625. The molecule has 0 amide bonds. The van der Waals surface area contributed by atoms with Gasteiger partial charge in [0.1, 0.15) is 5.25 Å². The van der Waals surface area contributed by atoms with Gasteiger partial charge < -0.3 is 0 Å². The largest absolute Gasteiger partial charge is 0.285 e. The normalized spacial score (nSPS) is 23.8. The summed E-state index contributed by atoms with van der Waals surface area (Å²) in [7, 11) is -7.49. The molecule has 2 N–H and O–H groups in total. The van der Waals surface area contributed by atoms with Gasteiger partial charge in [-0.15, -0.1) is 0 Å². The highest BCUT2D eigenvalue weighted by molar-refractivity contribution is 7.89. The van der Waals surface area contributed by atoms with Gasteiger partial charge in [0.25, 0.3) is 10.1 Å². The minimum atomic E-state index is -4.23. The van der Waals surface area contributed by atoms with E-state index in [1.165, 1.54) is 0 Å². The lowest BCUT2D eigenvalue weighted by Gasteiger charge is -2.32. The van der Waals surface area contributed by atoms with Crippen LogP contribution in [0.15, 0.2) is 24.3 Å². The minimum absolute atomic E-state index is 0.0317. The minimum Gasteiger partial charge on any atom is -0.285 e. The molecule has 0 radical (unpaired) electrons. The van der Waals surface area contributed by atoms with Crippen LogP contribution in [-0.4, -0.2) is 33.2 Å². The van der Waals surface area contributed by atoms with E-state index in [0.29, 0.717) is 31.2 Å². The van der Waals surface area contributed by atoms with Crippen molar-refractivity contribution in [2.45, 2.75) is 50.8 Å². The smallest absolute Gasteiger partial charge is 0.272 e. The quantitative estimate of drug-likeness (QED) is 0.744. The summed E-state index contributed by atoms with van der Waals surface area (Å²) >= 11 is 0. The summed E-state index contributed by atoms with van der Waals surface area (Å²) in [6, 6.07) is 6.97. The summed E-state index contributed by atoms with van der Waals surface area (Å²) in [4.78, 5) is 0. The number of sulfonamides is 1. The summed E-state index contributed by atoms with van der Waals surface area (Å²) in [6.07, 6.45) is 2.24. The molecule has 0 aromatic heterocycles. The SMILES string of the molecule is CCS(=O)(=O)NC1CCC(C(c2ccc(C)cc2)S(=O)(=O)O)CC1. The molecular weight excluding hydrogens is 350 g/mol. The van der Waals surface area contributed by atoms with E-state index in [1.807, 2.05) is 19.1 Å². The van der Waals surface area contributed by atoms with Crippen molar-refractivity contribution >= 4 is 20.1 Å². The Kier molecular flexibility index (Phi) is 6.06. The van der Waals surface area contributed by atoms with Crippen molar-refractivity contribution < 1.29 is 21.4 Å². The molecule has 0 bridgehead atoms. The second-order valence-corrected chi connectivity index (χ2v) is 10.1. The molecule has 2 rings (SSSR count). The molecule has 1 fully saturated rings. The Balaban J connectivity index is 2.12. The first-order chi connectivity index (χ1) is 11.1. The topological polar surface area (TPSA) is 101 Å². The molecule has 0 aliphatic heterocycles. The van der Waals surface area contributed by atoms with E-state index in [4.69, 9.17) is 0 Å². The summed E-state index contributed by atoms with van der Waals surface area (Å²) < 4.78 is 59.5. The molecule has 0 spiro atoms. The predicted octanol–water partition coefficient (Wildman–Crippen LogP) is 2.42. The third kappa shape index (κ3) is 5.02. The fourth-order valence-corrected chi connectivity index (χ4v) is 5.49. The molecule has 1 saturated carbocycles. The first-order valence-electron chi connectivity index (χ1n) is 8.15. The van der Waals surface area contributed by atoms with Crippen LogP contribution in [0.4, 0.5) is 0 Å². The monoisotopic (exact) mass is 375 g/mol. The van der Waals surface area contributed by atoms with Gasteiger partial charge in [0.2, 0.25) is 10.0 Å². The number of nitrogens with one attached hydrogen (secondary N) is 1. The highest BCUT2D eigenvalue weighted by Crippen LogP contribution is 2.39. The van der Waals surface area contributed by atoms with Gasteiger partial charge in [-0.3, -0.25) is 4.55 Å². The summed E-state index contributed by atoms with van der Waals surface area (Å²) in [5, 5.41) is -0.957. The second-order valence-electron chi connectivity index (χ2n) is 6.48. The van der Waals surface area contributed by atoms with Crippen LogP contribution in [0, 0.1) is 12.8 Å². The van der Waals surface area contributed by atoms with Crippen LogP contribution < -0.4 is 4.72 Å². The summed E-state index contributed by atoms with van der Waals surface area (Å²) in [5.41, 5.74) is 1.60. The molecule has 8 heteroatoms. The van der Waals surface area contributed by atoms with Crippen molar-refractivity contribution in [3.63, 3.8) is 0 Å². The van der Waals surface area contributed by atoms with Gasteiger partial charge in [0.15, 0.2) is 0 Å². The van der Waals surface area contributed by atoms with Crippen LogP contribution in [0.3, 0.4) is 0 Å². The van der Waals surface area contributed by atoms with Crippen molar-refractivity contribution in [1.29, 1.82) is 0 Å². The number of hydrogen-bond acceptors (Lipinski definition) is 4. The Morgan fingerprint density at radius 1 is 1.08 bits per heavy atom. The van der Waals surface area contributed by atoms with Gasteiger partial charge in [0.05, 0.1) is 5.75 Å². The molecular formula is C16H25NO5S2. The van der Waals surface area contributed by atoms with E-state index >= 15 is 0 Å². The van der Waals surface area contributed by atoms with Crippen molar-refractivity contribution in [3.8, 4) is 0 Å². The number of benzene rings is 1. The third-order valence-electron chi connectivity index (χ3n) is 4.65.